The maximum Gasteiger partial charge on any atom is 0.303 e. The molecule has 1 amide bonds. The standard InChI is InChI=1S/C13H14I3NO4/c1-3-17(9(18)4-5-10(19)20)12-7(14)6-8(15)13(21-2)11(12)16/h6H,3-5H2,1-2H3,(H,19,20). The number of methoxy groups -OCH3 is 1. The number of amides is 1. The van der Waals surface area contributed by atoms with Gasteiger partial charge in [0.25, 0.3) is 0 Å². The quantitative estimate of drug-likeness (QED) is 0.488. The van der Waals surface area contributed by atoms with Gasteiger partial charge in [0.15, 0.2) is 0 Å². The number of carboxylic acids is 1. The van der Waals surface area contributed by atoms with Gasteiger partial charge in [-0.1, -0.05) is 0 Å². The van der Waals surface area contributed by atoms with Crippen molar-refractivity contribution in [1.82, 2.24) is 0 Å². The Morgan fingerprint density at radius 2 is 1.86 bits per heavy atom. The molecule has 0 spiro atoms. The Balaban J connectivity index is 3.22. The first kappa shape index (κ1) is 19.2. The lowest BCUT2D eigenvalue weighted by atomic mass is 10.2. The molecule has 1 N–H and O–H groups in total. The van der Waals surface area contributed by atoms with Crippen LogP contribution >= 0.6 is 67.8 Å². The van der Waals surface area contributed by atoms with Gasteiger partial charge in [0.05, 0.1) is 26.4 Å². The summed E-state index contributed by atoms with van der Waals surface area (Å²) in [5.74, 6) is -0.431. The summed E-state index contributed by atoms with van der Waals surface area (Å²) in [6, 6.07) is 1.95. The Kier molecular flexibility index (Phi) is 7.95. The average Bonchev–Trinajstić information content (AvgIpc) is 2.40. The number of ether oxygens (including phenoxy) is 1. The van der Waals surface area contributed by atoms with Crippen molar-refractivity contribution in [2.45, 2.75) is 19.8 Å². The molecule has 0 atom stereocenters. The van der Waals surface area contributed by atoms with Crippen LogP contribution in [0.25, 0.3) is 0 Å². The van der Waals surface area contributed by atoms with E-state index in [1.165, 1.54) is 0 Å². The highest BCUT2D eigenvalue weighted by Gasteiger charge is 2.23. The number of anilines is 1. The number of carboxylic acid groups (broad SMARTS) is 1. The van der Waals surface area contributed by atoms with Gasteiger partial charge in [-0.3, -0.25) is 9.59 Å². The fraction of sp³-hybridized carbons (Fsp3) is 0.385. The lowest BCUT2D eigenvalue weighted by Crippen LogP contribution is -2.32. The van der Waals surface area contributed by atoms with E-state index in [1.54, 1.807) is 12.0 Å². The number of hydrogen-bond acceptors (Lipinski definition) is 3. The van der Waals surface area contributed by atoms with Gasteiger partial charge >= 0.3 is 5.97 Å². The zero-order valence-electron chi connectivity index (χ0n) is 11.5. The van der Waals surface area contributed by atoms with Crippen LogP contribution < -0.4 is 9.64 Å². The van der Waals surface area contributed by atoms with Crippen LogP contribution in [0.2, 0.25) is 0 Å². The number of carbonyl (C=O) groups is 2. The molecule has 0 aromatic heterocycles. The smallest absolute Gasteiger partial charge is 0.303 e. The Bertz CT molecular complexity index is 563. The summed E-state index contributed by atoms with van der Waals surface area (Å²) in [5, 5.41) is 8.72. The molecule has 8 heteroatoms. The molecule has 1 aromatic carbocycles. The van der Waals surface area contributed by atoms with Crippen molar-refractivity contribution >= 4 is 85.3 Å². The van der Waals surface area contributed by atoms with E-state index in [9.17, 15) is 9.59 Å². The third-order valence-corrected chi connectivity index (χ3v) is 5.37. The fourth-order valence-corrected chi connectivity index (χ4v) is 6.20. The van der Waals surface area contributed by atoms with Crippen molar-refractivity contribution < 1.29 is 19.4 Å². The van der Waals surface area contributed by atoms with Crippen LogP contribution in [0.1, 0.15) is 19.8 Å². The molecule has 0 aliphatic carbocycles. The third kappa shape index (κ3) is 4.81. The summed E-state index contributed by atoms with van der Waals surface area (Å²) in [6.07, 6.45) is -0.173. The zero-order chi connectivity index (χ0) is 16.2. The molecule has 0 heterocycles. The molecule has 0 bridgehead atoms. The van der Waals surface area contributed by atoms with Crippen molar-refractivity contribution in [1.29, 1.82) is 0 Å². The Morgan fingerprint density at radius 1 is 1.24 bits per heavy atom. The molecule has 0 unspecified atom stereocenters. The lowest BCUT2D eigenvalue weighted by Gasteiger charge is -2.25. The van der Waals surface area contributed by atoms with Crippen LogP contribution in [-0.4, -0.2) is 30.6 Å². The van der Waals surface area contributed by atoms with E-state index in [0.29, 0.717) is 6.54 Å². The number of aliphatic carboxylic acids is 1. The van der Waals surface area contributed by atoms with Gasteiger partial charge < -0.3 is 14.7 Å². The summed E-state index contributed by atoms with van der Waals surface area (Å²) >= 11 is 6.53. The molecule has 0 aliphatic heterocycles. The van der Waals surface area contributed by atoms with E-state index in [0.717, 1.165) is 22.1 Å². The van der Waals surface area contributed by atoms with Crippen molar-refractivity contribution in [2.24, 2.45) is 0 Å². The van der Waals surface area contributed by atoms with Crippen LogP contribution in [0, 0.1) is 10.7 Å². The molecule has 116 valence electrons. The van der Waals surface area contributed by atoms with Gasteiger partial charge in [0.1, 0.15) is 5.75 Å². The molecular formula is C13H14I3NO4. The van der Waals surface area contributed by atoms with Gasteiger partial charge in [0, 0.05) is 16.5 Å². The number of nitrogens with zero attached hydrogens (tertiary/aromatic N) is 1. The molecule has 1 rings (SSSR count). The molecule has 1 aromatic rings. The maximum absolute atomic E-state index is 12.3. The third-order valence-electron chi connectivity index (χ3n) is 2.75. The summed E-state index contributed by atoms with van der Waals surface area (Å²) in [5.41, 5.74) is 0.784. The van der Waals surface area contributed by atoms with Gasteiger partial charge in [-0.15, -0.1) is 0 Å². The van der Waals surface area contributed by atoms with E-state index >= 15 is 0 Å². The Labute approximate surface area is 164 Å². The molecule has 21 heavy (non-hydrogen) atoms. The minimum absolute atomic E-state index is 0.0103. The largest absolute Gasteiger partial charge is 0.494 e. The highest BCUT2D eigenvalue weighted by atomic mass is 127. The van der Waals surface area contributed by atoms with Crippen molar-refractivity contribution in [3.05, 3.63) is 16.8 Å². The van der Waals surface area contributed by atoms with E-state index in [1.807, 2.05) is 13.0 Å². The van der Waals surface area contributed by atoms with Gasteiger partial charge in [-0.05, 0) is 80.8 Å². The molecular weight excluding hydrogens is 615 g/mol. The SMILES string of the molecule is CCN(C(=O)CCC(=O)O)c1c(I)cc(I)c(OC)c1I. The number of rotatable bonds is 6. The summed E-state index contributed by atoms with van der Waals surface area (Å²) < 4.78 is 8.16. The Hall–Kier alpha value is 0.150. The monoisotopic (exact) mass is 629 g/mol. The first-order valence-electron chi connectivity index (χ1n) is 6.07. The summed E-state index contributed by atoms with van der Waals surface area (Å²) in [7, 11) is 1.60. The first-order chi connectivity index (χ1) is 9.83. The second kappa shape index (κ2) is 8.70. The van der Waals surface area contributed by atoms with Gasteiger partial charge in [0.2, 0.25) is 5.91 Å². The van der Waals surface area contributed by atoms with Gasteiger partial charge in [-0.2, -0.15) is 0 Å². The zero-order valence-corrected chi connectivity index (χ0v) is 17.9. The molecule has 0 aliphatic rings. The Morgan fingerprint density at radius 3 is 2.33 bits per heavy atom. The highest BCUT2D eigenvalue weighted by molar-refractivity contribution is 14.1. The van der Waals surface area contributed by atoms with Crippen molar-refractivity contribution in [3.8, 4) is 5.75 Å². The van der Waals surface area contributed by atoms with Crippen LogP contribution in [-0.2, 0) is 9.59 Å². The van der Waals surface area contributed by atoms with Crippen LogP contribution in [0.4, 0.5) is 5.69 Å². The second-order valence-electron chi connectivity index (χ2n) is 4.07. The van der Waals surface area contributed by atoms with E-state index in [-0.39, 0.29) is 18.7 Å². The van der Waals surface area contributed by atoms with Gasteiger partial charge in [-0.25, -0.2) is 0 Å². The average molecular weight is 629 g/mol. The van der Waals surface area contributed by atoms with Crippen LogP contribution in [0.5, 0.6) is 5.75 Å². The van der Waals surface area contributed by atoms with E-state index in [2.05, 4.69) is 67.8 Å². The normalized spacial score (nSPS) is 10.3. The number of halogens is 3. The lowest BCUT2D eigenvalue weighted by molar-refractivity contribution is -0.138. The fourth-order valence-electron chi connectivity index (χ4n) is 1.80. The molecule has 0 saturated carbocycles. The summed E-state index contributed by atoms with van der Waals surface area (Å²) in [6.45, 7) is 2.35. The minimum atomic E-state index is -0.969. The maximum atomic E-state index is 12.3. The number of benzene rings is 1. The number of hydrogen-bond donors (Lipinski definition) is 1. The highest BCUT2D eigenvalue weighted by Crippen LogP contribution is 2.38. The second-order valence-corrected chi connectivity index (χ2v) is 7.47. The molecule has 0 radical (unpaired) electrons. The van der Waals surface area contributed by atoms with E-state index in [4.69, 9.17) is 9.84 Å². The topological polar surface area (TPSA) is 66.8 Å². The van der Waals surface area contributed by atoms with Crippen molar-refractivity contribution in [3.63, 3.8) is 0 Å². The molecule has 5 nitrogen and oxygen atoms in total. The summed E-state index contributed by atoms with van der Waals surface area (Å²) in [4.78, 5) is 24.5. The van der Waals surface area contributed by atoms with Crippen LogP contribution in [0.15, 0.2) is 6.07 Å². The first-order valence-corrected chi connectivity index (χ1v) is 9.30. The predicted octanol–water partition coefficient (Wildman–Crippen LogP) is 3.73. The van der Waals surface area contributed by atoms with Crippen molar-refractivity contribution in [2.75, 3.05) is 18.6 Å². The molecule has 0 fully saturated rings. The molecule has 0 saturated heterocycles. The number of carbonyl (C=O) groups excluding carboxylic acids is 1. The van der Waals surface area contributed by atoms with Crippen LogP contribution in [0.3, 0.4) is 0 Å². The van der Waals surface area contributed by atoms with E-state index < -0.39 is 5.97 Å². The minimum Gasteiger partial charge on any atom is -0.494 e. The predicted molar refractivity (Wildman–Crippen MR) is 106 cm³/mol.